The SMILES string of the molecule is CC(CN(CCCO)CC1CCCO1)C(=O)O. The number of aliphatic hydroxyl groups is 1. The molecule has 0 spiro atoms. The van der Waals surface area contributed by atoms with Crippen LogP contribution in [0.5, 0.6) is 0 Å². The third kappa shape index (κ3) is 5.48. The van der Waals surface area contributed by atoms with Crippen LogP contribution in [-0.4, -0.2) is 60.0 Å². The molecule has 17 heavy (non-hydrogen) atoms. The summed E-state index contributed by atoms with van der Waals surface area (Å²) >= 11 is 0. The van der Waals surface area contributed by atoms with Gasteiger partial charge in [0.15, 0.2) is 0 Å². The van der Waals surface area contributed by atoms with Crippen LogP contribution >= 0.6 is 0 Å². The molecule has 1 fully saturated rings. The summed E-state index contributed by atoms with van der Waals surface area (Å²) in [7, 11) is 0. The average molecular weight is 245 g/mol. The van der Waals surface area contributed by atoms with Crippen LogP contribution in [0.25, 0.3) is 0 Å². The number of aliphatic carboxylic acids is 1. The molecular formula is C12H23NO4. The molecule has 0 aromatic rings. The number of carbonyl (C=O) groups is 1. The van der Waals surface area contributed by atoms with E-state index in [1.54, 1.807) is 6.92 Å². The Kier molecular flexibility index (Phi) is 6.47. The highest BCUT2D eigenvalue weighted by Gasteiger charge is 2.22. The van der Waals surface area contributed by atoms with Crippen molar-refractivity contribution in [2.24, 2.45) is 5.92 Å². The average Bonchev–Trinajstić information content (AvgIpc) is 2.78. The van der Waals surface area contributed by atoms with E-state index >= 15 is 0 Å². The second-order valence-corrected chi connectivity index (χ2v) is 4.71. The molecule has 0 bridgehead atoms. The maximum absolute atomic E-state index is 10.8. The summed E-state index contributed by atoms with van der Waals surface area (Å²) in [6.07, 6.45) is 3.05. The quantitative estimate of drug-likeness (QED) is 0.654. The molecule has 0 amide bonds. The first-order chi connectivity index (χ1) is 8.13. The number of carboxylic acid groups (broad SMARTS) is 1. The van der Waals surface area contributed by atoms with Crippen LogP contribution in [0.2, 0.25) is 0 Å². The third-order valence-corrected chi connectivity index (χ3v) is 3.07. The summed E-state index contributed by atoms with van der Waals surface area (Å²) in [5, 5.41) is 17.8. The van der Waals surface area contributed by atoms with Gasteiger partial charge in [0.2, 0.25) is 0 Å². The molecule has 0 saturated carbocycles. The summed E-state index contributed by atoms with van der Waals surface area (Å²) in [4.78, 5) is 12.9. The molecular weight excluding hydrogens is 222 g/mol. The van der Waals surface area contributed by atoms with Gasteiger partial charge in [-0.1, -0.05) is 6.92 Å². The van der Waals surface area contributed by atoms with E-state index < -0.39 is 5.97 Å². The van der Waals surface area contributed by atoms with Crippen molar-refractivity contribution < 1.29 is 19.7 Å². The van der Waals surface area contributed by atoms with Gasteiger partial charge in [0.05, 0.1) is 12.0 Å². The van der Waals surface area contributed by atoms with E-state index in [0.717, 1.165) is 32.5 Å². The van der Waals surface area contributed by atoms with Crippen LogP contribution in [0.15, 0.2) is 0 Å². The Balaban J connectivity index is 2.38. The zero-order chi connectivity index (χ0) is 12.7. The van der Waals surface area contributed by atoms with E-state index in [2.05, 4.69) is 4.90 Å². The minimum atomic E-state index is -0.772. The molecule has 0 aromatic carbocycles. The van der Waals surface area contributed by atoms with Crippen LogP contribution in [0.3, 0.4) is 0 Å². The molecule has 0 radical (unpaired) electrons. The van der Waals surface area contributed by atoms with Gasteiger partial charge < -0.3 is 14.9 Å². The second-order valence-electron chi connectivity index (χ2n) is 4.71. The van der Waals surface area contributed by atoms with Crippen LogP contribution in [0, 0.1) is 5.92 Å². The van der Waals surface area contributed by atoms with Gasteiger partial charge in [0.1, 0.15) is 0 Å². The molecule has 1 heterocycles. The molecule has 100 valence electrons. The van der Waals surface area contributed by atoms with Crippen molar-refractivity contribution in [2.45, 2.75) is 32.3 Å². The highest BCUT2D eigenvalue weighted by Crippen LogP contribution is 2.14. The van der Waals surface area contributed by atoms with Crippen molar-refractivity contribution in [2.75, 3.05) is 32.8 Å². The predicted molar refractivity (Wildman–Crippen MR) is 63.9 cm³/mol. The highest BCUT2D eigenvalue weighted by molar-refractivity contribution is 5.69. The summed E-state index contributed by atoms with van der Waals surface area (Å²) in [6, 6.07) is 0. The lowest BCUT2D eigenvalue weighted by molar-refractivity contribution is -0.141. The lowest BCUT2D eigenvalue weighted by Crippen LogP contribution is -2.38. The Labute approximate surface area is 102 Å². The van der Waals surface area contributed by atoms with Gasteiger partial charge in [-0.2, -0.15) is 0 Å². The lowest BCUT2D eigenvalue weighted by Gasteiger charge is -2.26. The fourth-order valence-electron chi connectivity index (χ4n) is 2.09. The third-order valence-electron chi connectivity index (χ3n) is 3.07. The zero-order valence-electron chi connectivity index (χ0n) is 10.5. The monoisotopic (exact) mass is 245 g/mol. The van der Waals surface area contributed by atoms with Gasteiger partial charge in [-0.15, -0.1) is 0 Å². The number of nitrogens with zero attached hydrogens (tertiary/aromatic N) is 1. The van der Waals surface area contributed by atoms with Gasteiger partial charge in [0.25, 0.3) is 0 Å². The zero-order valence-corrected chi connectivity index (χ0v) is 10.5. The predicted octanol–water partition coefficient (Wildman–Crippen LogP) is 0.570. The number of hydrogen-bond donors (Lipinski definition) is 2. The molecule has 1 saturated heterocycles. The van der Waals surface area contributed by atoms with E-state index in [1.165, 1.54) is 0 Å². The molecule has 5 heteroatoms. The molecule has 2 atom stereocenters. The first-order valence-electron chi connectivity index (χ1n) is 6.31. The molecule has 0 aromatic heterocycles. The molecule has 1 rings (SSSR count). The smallest absolute Gasteiger partial charge is 0.307 e. The summed E-state index contributed by atoms with van der Waals surface area (Å²) in [5.74, 6) is -1.15. The highest BCUT2D eigenvalue weighted by atomic mass is 16.5. The van der Waals surface area contributed by atoms with Crippen molar-refractivity contribution in [1.29, 1.82) is 0 Å². The number of ether oxygens (including phenoxy) is 1. The Morgan fingerprint density at radius 3 is 2.88 bits per heavy atom. The Bertz CT molecular complexity index is 229. The second kappa shape index (κ2) is 7.63. The molecule has 5 nitrogen and oxygen atoms in total. The van der Waals surface area contributed by atoms with Gasteiger partial charge in [-0.25, -0.2) is 0 Å². The van der Waals surface area contributed by atoms with Gasteiger partial charge in [-0.05, 0) is 19.3 Å². The van der Waals surface area contributed by atoms with Crippen molar-refractivity contribution >= 4 is 5.97 Å². The summed E-state index contributed by atoms with van der Waals surface area (Å²) < 4.78 is 5.55. The van der Waals surface area contributed by atoms with E-state index in [9.17, 15) is 4.79 Å². The Hall–Kier alpha value is -0.650. The molecule has 0 aliphatic carbocycles. The van der Waals surface area contributed by atoms with E-state index in [4.69, 9.17) is 14.9 Å². The summed E-state index contributed by atoms with van der Waals surface area (Å²) in [5.41, 5.74) is 0. The normalized spacial score (nSPS) is 21.9. The van der Waals surface area contributed by atoms with E-state index in [0.29, 0.717) is 13.0 Å². The lowest BCUT2D eigenvalue weighted by atomic mass is 10.1. The van der Waals surface area contributed by atoms with Crippen LogP contribution < -0.4 is 0 Å². The Morgan fingerprint density at radius 1 is 1.59 bits per heavy atom. The fourth-order valence-corrected chi connectivity index (χ4v) is 2.09. The van der Waals surface area contributed by atoms with Crippen LogP contribution in [-0.2, 0) is 9.53 Å². The molecule has 1 aliphatic heterocycles. The number of aliphatic hydroxyl groups excluding tert-OH is 1. The fraction of sp³-hybridized carbons (Fsp3) is 0.917. The van der Waals surface area contributed by atoms with Gasteiger partial charge in [-0.3, -0.25) is 9.69 Å². The topological polar surface area (TPSA) is 70.0 Å². The van der Waals surface area contributed by atoms with Crippen molar-refractivity contribution in [3.63, 3.8) is 0 Å². The maximum atomic E-state index is 10.8. The van der Waals surface area contributed by atoms with Crippen molar-refractivity contribution in [1.82, 2.24) is 4.90 Å². The van der Waals surface area contributed by atoms with Crippen molar-refractivity contribution in [3.8, 4) is 0 Å². The van der Waals surface area contributed by atoms with Gasteiger partial charge >= 0.3 is 5.97 Å². The molecule has 1 aliphatic rings. The van der Waals surface area contributed by atoms with Crippen LogP contribution in [0.4, 0.5) is 0 Å². The van der Waals surface area contributed by atoms with Crippen molar-refractivity contribution in [3.05, 3.63) is 0 Å². The maximum Gasteiger partial charge on any atom is 0.307 e. The molecule has 2 unspecified atom stereocenters. The van der Waals surface area contributed by atoms with Crippen LogP contribution in [0.1, 0.15) is 26.2 Å². The van der Waals surface area contributed by atoms with Gasteiger partial charge in [0, 0.05) is 32.8 Å². The first-order valence-corrected chi connectivity index (χ1v) is 6.31. The number of hydrogen-bond acceptors (Lipinski definition) is 4. The minimum Gasteiger partial charge on any atom is -0.481 e. The molecule has 2 N–H and O–H groups in total. The first kappa shape index (κ1) is 14.4. The standard InChI is InChI=1S/C12H23NO4/c1-10(12(15)16)8-13(5-3-6-14)9-11-4-2-7-17-11/h10-11,14H,2-9H2,1H3,(H,15,16). The minimum absolute atomic E-state index is 0.142. The Morgan fingerprint density at radius 2 is 2.35 bits per heavy atom. The summed E-state index contributed by atoms with van der Waals surface area (Å²) in [6.45, 7) is 4.70. The largest absolute Gasteiger partial charge is 0.481 e. The number of rotatable bonds is 8. The van der Waals surface area contributed by atoms with E-state index in [-0.39, 0.29) is 18.6 Å². The number of carboxylic acids is 1. The van der Waals surface area contributed by atoms with E-state index in [1.807, 2.05) is 0 Å².